The number of ether oxygens (including phenoxy) is 7. The van der Waals surface area contributed by atoms with Crippen LogP contribution in [-0.2, 0) is 19.1 Å². The summed E-state index contributed by atoms with van der Waals surface area (Å²) >= 11 is 0. The first kappa shape index (κ1) is 31.6. The Morgan fingerprint density at radius 3 is 2.07 bits per heavy atom. The molecule has 1 aliphatic heterocycles. The van der Waals surface area contributed by atoms with Gasteiger partial charge in [0, 0.05) is 39.3 Å². The average molecular weight is 599 g/mol. The Morgan fingerprint density at radius 1 is 0.907 bits per heavy atom. The number of hydrogen-bond acceptors (Lipinski definition) is 11. The molecule has 0 fully saturated rings. The van der Waals surface area contributed by atoms with Crippen LogP contribution in [0, 0.1) is 5.92 Å². The van der Waals surface area contributed by atoms with Crippen molar-refractivity contribution in [3.63, 3.8) is 0 Å². The van der Waals surface area contributed by atoms with Gasteiger partial charge in [-0.05, 0) is 46.8 Å². The van der Waals surface area contributed by atoms with Gasteiger partial charge in [0.25, 0.3) is 0 Å². The summed E-state index contributed by atoms with van der Waals surface area (Å²) in [4.78, 5) is 26.5. The van der Waals surface area contributed by atoms with E-state index in [0.717, 1.165) is 0 Å². The first-order chi connectivity index (χ1) is 20.4. The quantitative estimate of drug-likeness (QED) is 0.316. The van der Waals surface area contributed by atoms with E-state index in [1.165, 1.54) is 34.3 Å². The van der Waals surface area contributed by atoms with Crippen LogP contribution in [0.3, 0.4) is 0 Å². The number of esters is 2. The number of carbonyl (C=O) groups excluding carboxylic acids is 2. The number of benzene rings is 2. The number of hydrogen-bond donors (Lipinski definition) is 2. The smallest absolute Gasteiger partial charge is 0.334 e. The lowest BCUT2D eigenvalue weighted by Gasteiger charge is -2.43. The highest BCUT2D eigenvalue weighted by Crippen LogP contribution is 2.61. The number of carbonyl (C=O) groups is 2. The molecule has 0 saturated heterocycles. The number of aliphatic hydroxyl groups is 1. The van der Waals surface area contributed by atoms with Gasteiger partial charge in [-0.2, -0.15) is 0 Å². The predicted molar refractivity (Wildman–Crippen MR) is 156 cm³/mol. The molecule has 0 amide bonds. The summed E-state index contributed by atoms with van der Waals surface area (Å²) in [5, 5.41) is 24.2. The van der Waals surface area contributed by atoms with Gasteiger partial charge in [0.2, 0.25) is 18.3 Å². The standard InChI is InChI=1S/C32H38O11/c1-10-15(3)30(34)42-25-17(5)32(6,36)29(43-31(35)16(4)11-2)19-13-20(37-7)26(38-8)24(33)22(19)23-18(25)12-21-27(28(23)39-9)41-14-40-21/h10-13,17,25,29,33,36H,14H2,1-9H3/b15-10-,16-11-/t17-,25+,29-,32+/m1/s1. The molecule has 1 heterocycles. The minimum atomic E-state index is -1.89. The van der Waals surface area contributed by atoms with E-state index < -0.39 is 35.7 Å². The largest absolute Gasteiger partial charge is 0.504 e. The van der Waals surface area contributed by atoms with E-state index >= 15 is 0 Å². The molecule has 43 heavy (non-hydrogen) atoms. The van der Waals surface area contributed by atoms with E-state index in [1.54, 1.807) is 52.8 Å². The number of aromatic hydroxyl groups is 1. The first-order valence-electron chi connectivity index (χ1n) is 13.8. The first-order valence-corrected chi connectivity index (χ1v) is 13.8. The maximum absolute atomic E-state index is 13.2. The normalized spacial score (nSPS) is 22.9. The van der Waals surface area contributed by atoms with Crippen molar-refractivity contribution in [2.75, 3.05) is 28.1 Å². The lowest BCUT2D eigenvalue weighted by molar-refractivity contribution is -0.181. The van der Waals surface area contributed by atoms with Crippen LogP contribution >= 0.6 is 0 Å². The van der Waals surface area contributed by atoms with Gasteiger partial charge in [0.05, 0.1) is 21.3 Å². The van der Waals surface area contributed by atoms with Crippen molar-refractivity contribution in [1.82, 2.24) is 0 Å². The Kier molecular flexibility index (Phi) is 8.87. The second-order valence-corrected chi connectivity index (χ2v) is 10.6. The Hall–Kier alpha value is -4.38. The summed E-state index contributed by atoms with van der Waals surface area (Å²) in [6.07, 6.45) is 0.635. The second-order valence-electron chi connectivity index (χ2n) is 10.6. The molecule has 2 N–H and O–H groups in total. The van der Waals surface area contributed by atoms with Crippen LogP contribution in [-0.4, -0.2) is 55.9 Å². The lowest BCUT2D eigenvalue weighted by atomic mass is 9.71. The van der Waals surface area contributed by atoms with Gasteiger partial charge >= 0.3 is 11.9 Å². The van der Waals surface area contributed by atoms with Crippen molar-refractivity contribution in [2.45, 2.75) is 59.4 Å². The van der Waals surface area contributed by atoms with E-state index in [2.05, 4.69) is 0 Å². The molecule has 1 aliphatic carbocycles. The van der Waals surface area contributed by atoms with Gasteiger partial charge in [-0.3, -0.25) is 0 Å². The van der Waals surface area contributed by atoms with Crippen molar-refractivity contribution < 1.29 is 53.0 Å². The average Bonchev–Trinajstić information content (AvgIpc) is 3.47. The SMILES string of the molecule is C/C=C(/C)C(=O)O[C@@H]1c2cc3c(c(OC)c2-c2c(cc(OC)c(OC)c2O)[C@@H](OC(=O)/C(C)=C\C)[C@@](C)(O)[C@@H]1C)OCO3. The van der Waals surface area contributed by atoms with Crippen LogP contribution in [0.25, 0.3) is 11.1 Å². The molecule has 0 spiro atoms. The van der Waals surface area contributed by atoms with Gasteiger partial charge in [-0.1, -0.05) is 19.1 Å². The predicted octanol–water partition coefficient (Wildman–Crippen LogP) is 5.32. The molecule has 0 aromatic heterocycles. The third-order valence-electron chi connectivity index (χ3n) is 8.24. The Balaban J connectivity index is 2.21. The Labute approximate surface area is 250 Å². The van der Waals surface area contributed by atoms with Gasteiger partial charge in [-0.15, -0.1) is 0 Å². The van der Waals surface area contributed by atoms with Crippen LogP contribution < -0.4 is 23.7 Å². The van der Waals surface area contributed by atoms with Gasteiger partial charge < -0.3 is 43.4 Å². The number of methoxy groups -OCH3 is 3. The van der Waals surface area contributed by atoms with Crippen LogP contribution in [0.15, 0.2) is 35.4 Å². The van der Waals surface area contributed by atoms with Gasteiger partial charge in [0.1, 0.15) is 11.7 Å². The van der Waals surface area contributed by atoms with Gasteiger partial charge in [-0.25, -0.2) is 9.59 Å². The van der Waals surface area contributed by atoms with E-state index in [4.69, 9.17) is 33.2 Å². The molecule has 2 aromatic rings. The zero-order chi connectivity index (χ0) is 31.8. The maximum atomic E-state index is 13.2. The summed E-state index contributed by atoms with van der Waals surface area (Å²) in [6.45, 7) is 9.65. The molecule has 11 nitrogen and oxygen atoms in total. The van der Waals surface area contributed by atoms with Gasteiger partial charge in [0.15, 0.2) is 29.1 Å². The molecule has 4 atom stereocenters. The van der Waals surface area contributed by atoms with Crippen molar-refractivity contribution in [2.24, 2.45) is 5.92 Å². The summed E-state index contributed by atoms with van der Waals surface area (Å²) in [6, 6.07) is 3.16. The van der Waals surface area contributed by atoms with Crippen molar-refractivity contribution >= 4 is 11.9 Å². The molecule has 2 aliphatic rings. The van der Waals surface area contributed by atoms with E-state index in [1.807, 2.05) is 0 Å². The summed E-state index contributed by atoms with van der Waals surface area (Å²) < 4.78 is 40.5. The Morgan fingerprint density at radius 2 is 1.51 bits per heavy atom. The van der Waals surface area contributed by atoms with Crippen LogP contribution in [0.2, 0.25) is 0 Å². The molecule has 4 rings (SSSR count). The van der Waals surface area contributed by atoms with E-state index in [0.29, 0.717) is 22.5 Å². The monoisotopic (exact) mass is 598 g/mol. The molecular formula is C32H38O11. The number of fused-ring (bicyclic) bond motifs is 4. The lowest BCUT2D eigenvalue weighted by Crippen LogP contribution is -2.46. The highest BCUT2D eigenvalue weighted by atomic mass is 16.7. The minimum absolute atomic E-state index is 0.0202. The van der Waals surface area contributed by atoms with Crippen LogP contribution in [0.5, 0.6) is 34.5 Å². The fraction of sp³-hybridized carbons (Fsp3) is 0.438. The molecule has 0 saturated carbocycles. The molecule has 0 unspecified atom stereocenters. The molecule has 2 aromatic carbocycles. The highest BCUT2D eigenvalue weighted by molar-refractivity contribution is 5.92. The van der Waals surface area contributed by atoms with E-state index in [9.17, 15) is 19.8 Å². The maximum Gasteiger partial charge on any atom is 0.334 e. The van der Waals surface area contributed by atoms with Crippen LogP contribution in [0.4, 0.5) is 0 Å². The molecular weight excluding hydrogens is 560 g/mol. The number of phenols is 1. The fourth-order valence-electron chi connectivity index (χ4n) is 5.29. The molecule has 0 bridgehead atoms. The number of rotatable bonds is 7. The third-order valence-corrected chi connectivity index (χ3v) is 8.24. The zero-order valence-corrected chi connectivity index (χ0v) is 25.8. The van der Waals surface area contributed by atoms with Crippen molar-refractivity contribution in [3.05, 3.63) is 46.6 Å². The second kappa shape index (κ2) is 12.1. The fourth-order valence-corrected chi connectivity index (χ4v) is 5.29. The van der Waals surface area contributed by atoms with Crippen molar-refractivity contribution in [1.29, 1.82) is 0 Å². The van der Waals surface area contributed by atoms with Crippen LogP contribution in [0.1, 0.15) is 64.9 Å². The molecule has 11 heteroatoms. The minimum Gasteiger partial charge on any atom is -0.504 e. The molecule has 232 valence electrons. The van der Waals surface area contributed by atoms with E-state index in [-0.39, 0.29) is 52.2 Å². The number of allylic oxidation sites excluding steroid dienone is 2. The summed E-state index contributed by atoms with van der Waals surface area (Å²) in [5.74, 6) is -1.77. The number of phenolic OH excluding ortho intramolecular Hbond substituents is 1. The zero-order valence-electron chi connectivity index (χ0n) is 25.8. The topological polar surface area (TPSA) is 139 Å². The summed E-state index contributed by atoms with van der Waals surface area (Å²) in [5.41, 5.74) is -0.353. The highest BCUT2D eigenvalue weighted by Gasteiger charge is 2.51. The Bertz CT molecular complexity index is 1500. The summed E-state index contributed by atoms with van der Waals surface area (Å²) in [7, 11) is 4.18. The van der Waals surface area contributed by atoms with Crippen molar-refractivity contribution in [3.8, 4) is 45.6 Å². The third kappa shape index (κ3) is 5.22. The molecule has 0 radical (unpaired) electrons.